The molecule has 3 amide bonds. The Kier molecular flexibility index (Phi) is 4.36. The molecule has 2 fully saturated rings. The molecule has 23 heavy (non-hydrogen) atoms. The Morgan fingerprint density at radius 1 is 1.26 bits per heavy atom. The van der Waals surface area contributed by atoms with Gasteiger partial charge in [0.1, 0.15) is 5.76 Å². The number of nitrogens with zero attached hydrogens (tertiary/aromatic N) is 2. The van der Waals surface area contributed by atoms with Crippen molar-refractivity contribution in [3.63, 3.8) is 0 Å². The number of amides is 3. The predicted octanol–water partition coefficient (Wildman–Crippen LogP) is 0.352. The molecule has 3 rings (SSSR count). The first-order valence-corrected chi connectivity index (χ1v) is 7.93. The molecular weight excluding hydrogens is 298 g/mol. The molecule has 0 saturated carbocycles. The van der Waals surface area contributed by atoms with Crippen LogP contribution >= 0.6 is 0 Å². The fraction of sp³-hybridized carbons (Fsp3) is 0.562. The maximum atomic E-state index is 12.6. The molecule has 3 heterocycles. The zero-order valence-electron chi connectivity index (χ0n) is 12.9. The Balaban J connectivity index is 1.55. The smallest absolute Gasteiger partial charge is 0.227 e. The van der Waals surface area contributed by atoms with E-state index in [1.54, 1.807) is 22.1 Å². The van der Waals surface area contributed by atoms with Gasteiger partial charge < -0.3 is 20.0 Å². The molecule has 1 aromatic rings. The van der Waals surface area contributed by atoms with Crippen molar-refractivity contribution in [2.45, 2.75) is 25.8 Å². The second-order valence-corrected chi connectivity index (χ2v) is 6.26. The molecule has 1 atom stereocenters. The van der Waals surface area contributed by atoms with Crippen molar-refractivity contribution in [1.82, 2.24) is 9.80 Å². The standard InChI is InChI=1S/C16H21N3O4/c17-15(21)11-3-5-18(6-4-11)16(22)12-8-14(20)19(9-12)10-13-2-1-7-23-13/h1-2,7,11-12H,3-6,8-10H2,(H2,17,21)/t12-/m1/s1. The highest BCUT2D eigenvalue weighted by Gasteiger charge is 2.38. The number of hydrogen-bond acceptors (Lipinski definition) is 4. The number of rotatable bonds is 4. The number of carbonyl (C=O) groups excluding carboxylic acids is 3. The van der Waals surface area contributed by atoms with Crippen molar-refractivity contribution < 1.29 is 18.8 Å². The van der Waals surface area contributed by atoms with Gasteiger partial charge in [0.25, 0.3) is 0 Å². The minimum atomic E-state index is -0.303. The van der Waals surface area contributed by atoms with Crippen molar-refractivity contribution in [1.29, 1.82) is 0 Å². The molecule has 2 N–H and O–H groups in total. The summed E-state index contributed by atoms with van der Waals surface area (Å²) in [6, 6.07) is 3.60. The molecule has 2 aliphatic heterocycles. The van der Waals surface area contributed by atoms with Gasteiger partial charge in [-0.1, -0.05) is 0 Å². The number of carbonyl (C=O) groups is 3. The van der Waals surface area contributed by atoms with Crippen LogP contribution in [0.1, 0.15) is 25.0 Å². The first-order chi connectivity index (χ1) is 11.0. The van der Waals surface area contributed by atoms with Gasteiger partial charge in [-0.25, -0.2) is 0 Å². The van der Waals surface area contributed by atoms with Crippen LogP contribution in [0.2, 0.25) is 0 Å². The summed E-state index contributed by atoms with van der Waals surface area (Å²) < 4.78 is 5.26. The number of piperidine rings is 1. The highest BCUT2D eigenvalue weighted by molar-refractivity contribution is 5.89. The van der Waals surface area contributed by atoms with Crippen LogP contribution in [0.4, 0.5) is 0 Å². The molecule has 2 aliphatic rings. The number of likely N-dealkylation sites (tertiary alicyclic amines) is 2. The van der Waals surface area contributed by atoms with E-state index >= 15 is 0 Å². The Morgan fingerprint density at radius 2 is 2.00 bits per heavy atom. The fourth-order valence-corrected chi connectivity index (χ4v) is 3.32. The summed E-state index contributed by atoms with van der Waals surface area (Å²) in [5, 5.41) is 0. The summed E-state index contributed by atoms with van der Waals surface area (Å²) in [6.07, 6.45) is 3.03. The lowest BCUT2D eigenvalue weighted by atomic mass is 9.95. The van der Waals surface area contributed by atoms with E-state index < -0.39 is 0 Å². The van der Waals surface area contributed by atoms with E-state index in [9.17, 15) is 14.4 Å². The number of nitrogens with two attached hydrogens (primary N) is 1. The molecule has 0 radical (unpaired) electrons. The SMILES string of the molecule is NC(=O)C1CCN(C(=O)[C@@H]2CC(=O)N(Cc3ccco3)C2)CC1. The summed E-state index contributed by atoms with van der Waals surface area (Å²) in [5.74, 6) is -0.0382. The molecule has 0 aromatic carbocycles. The Hall–Kier alpha value is -2.31. The van der Waals surface area contributed by atoms with Crippen LogP contribution in [0.25, 0.3) is 0 Å². The van der Waals surface area contributed by atoms with Gasteiger partial charge in [-0.3, -0.25) is 14.4 Å². The Morgan fingerprint density at radius 3 is 2.61 bits per heavy atom. The first kappa shape index (κ1) is 15.6. The van der Waals surface area contributed by atoms with Crippen LogP contribution in [0.3, 0.4) is 0 Å². The molecule has 1 aromatic heterocycles. The summed E-state index contributed by atoms with van der Waals surface area (Å²) in [6.45, 7) is 1.90. The van der Waals surface area contributed by atoms with Gasteiger partial charge >= 0.3 is 0 Å². The van der Waals surface area contributed by atoms with Crippen molar-refractivity contribution >= 4 is 17.7 Å². The van der Waals surface area contributed by atoms with E-state index in [0.717, 1.165) is 0 Å². The van der Waals surface area contributed by atoms with E-state index in [-0.39, 0.29) is 36.0 Å². The van der Waals surface area contributed by atoms with Gasteiger partial charge in [-0.15, -0.1) is 0 Å². The maximum absolute atomic E-state index is 12.6. The lowest BCUT2D eigenvalue weighted by Crippen LogP contribution is -2.44. The van der Waals surface area contributed by atoms with Crippen molar-refractivity contribution in [2.75, 3.05) is 19.6 Å². The zero-order chi connectivity index (χ0) is 16.4. The highest BCUT2D eigenvalue weighted by atomic mass is 16.3. The third-order valence-electron chi connectivity index (χ3n) is 4.70. The largest absolute Gasteiger partial charge is 0.467 e. The van der Waals surface area contributed by atoms with Gasteiger partial charge in [0.05, 0.1) is 18.7 Å². The second kappa shape index (κ2) is 6.44. The van der Waals surface area contributed by atoms with E-state index in [2.05, 4.69) is 0 Å². The molecule has 0 spiro atoms. The van der Waals surface area contributed by atoms with E-state index in [1.807, 2.05) is 6.07 Å². The third kappa shape index (κ3) is 3.38. The van der Waals surface area contributed by atoms with Crippen LogP contribution in [0.5, 0.6) is 0 Å². The van der Waals surface area contributed by atoms with E-state index in [4.69, 9.17) is 10.2 Å². The van der Waals surface area contributed by atoms with Gasteiger partial charge in [0, 0.05) is 32.0 Å². The molecule has 0 aliphatic carbocycles. The minimum Gasteiger partial charge on any atom is -0.467 e. The molecular formula is C16H21N3O4. The van der Waals surface area contributed by atoms with E-state index in [1.165, 1.54) is 0 Å². The minimum absolute atomic E-state index is 0.00298. The van der Waals surface area contributed by atoms with Crippen LogP contribution in [0, 0.1) is 11.8 Å². The van der Waals surface area contributed by atoms with Crippen LogP contribution in [-0.2, 0) is 20.9 Å². The third-order valence-corrected chi connectivity index (χ3v) is 4.70. The Bertz CT molecular complexity index is 590. The average Bonchev–Trinajstić information content (AvgIpc) is 3.17. The van der Waals surface area contributed by atoms with Gasteiger partial charge in [0.2, 0.25) is 17.7 Å². The molecule has 0 unspecified atom stereocenters. The quantitative estimate of drug-likeness (QED) is 0.866. The summed E-state index contributed by atoms with van der Waals surface area (Å²) in [7, 11) is 0. The summed E-state index contributed by atoms with van der Waals surface area (Å²) >= 11 is 0. The first-order valence-electron chi connectivity index (χ1n) is 7.93. The van der Waals surface area contributed by atoms with Crippen LogP contribution in [0.15, 0.2) is 22.8 Å². The number of furan rings is 1. The van der Waals surface area contributed by atoms with Crippen LogP contribution < -0.4 is 5.73 Å². The lowest BCUT2D eigenvalue weighted by molar-refractivity contribution is -0.138. The highest BCUT2D eigenvalue weighted by Crippen LogP contribution is 2.25. The lowest BCUT2D eigenvalue weighted by Gasteiger charge is -2.32. The summed E-state index contributed by atoms with van der Waals surface area (Å²) in [5.41, 5.74) is 5.31. The van der Waals surface area contributed by atoms with Crippen molar-refractivity contribution in [3.05, 3.63) is 24.2 Å². The van der Waals surface area contributed by atoms with Crippen molar-refractivity contribution in [2.24, 2.45) is 17.6 Å². The Labute approximate surface area is 134 Å². The molecule has 7 heteroatoms. The molecule has 0 bridgehead atoms. The predicted molar refractivity (Wildman–Crippen MR) is 80.7 cm³/mol. The fourth-order valence-electron chi connectivity index (χ4n) is 3.32. The normalized spacial score (nSPS) is 22.6. The van der Waals surface area contributed by atoms with Crippen LogP contribution in [-0.4, -0.2) is 47.2 Å². The number of primary amides is 1. The number of hydrogen-bond donors (Lipinski definition) is 1. The summed E-state index contributed by atoms with van der Waals surface area (Å²) in [4.78, 5) is 39.3. The average molecular weight is 319 g/mol. The second-order valence-electron chi connectivity index (χ2n) is 6.26. The molecule has 124 valence electrons. The maximum Gasteiger partial charge on any atom is 0.227 e. The monoisotopic (exact) mass is 319 g/mol. The molecule has 7 nitrogen and oxygen atoms in total. The van der Waals surface area contributed by atoms with Gasteiger partial charge in [0.15, 0.2) is 0 Å². The molecule has 2 saturated heterocycles. The van der Waals surface area contributed by atoms with Gasteiger partial charge in [-0.2, -0.15) is 0 Å². The van der Waals surface area contributed by atoms with Gasteiger partial charge in [-0.05, 0) is 25.0 Å². The van der Waals surface area contributed by atoms with Crippen molar-refractivity contribution in [3.8, 4) is 0 Å². The van der Waals surface area contributed by atoms with E-state index in [0.29, 0.717) is 44.8 Å². The zero-order valence-corrected chi connectivity index (χ0v) is 12.9. The topological polar surface area (TPSA) is 96.8 Å².